The zero-order valence-corrected chi connectivity index (χ0v) is 17.1. The largest absolute Gasteiger partial charge is 0.494 e. The van der Waals surface area contributed by atoms with Gasteiger partial charge in [-0.15, -0.1) is 0 Å². The monoisotopic (exact) mass is 398 g/mol. The molecule has 0 bridgehead atoms. The molecule has 1 amide bonds. The Morgan fingerprint density at radius 3 is 2.23 bits per heavy atom. The van der Waals surface area contributed by atoms with E-state index in [9.17, 15) is 4.79 Å². The zero-order chi connectivity index (χ0) is 20.8. The number of hydrogen-bond acceptors (Lipinski definition) is 3. The van der Waals surface area contributed by atoms with Crippen molar-refractivity contribution in [2.75, 3.05) is 16.8 Å². The van der Waals surface area contributed by atoms with Gasteiger partial charge in [0.05, 0.1) is 12.6 Å². The van der Waals surface area contributed by atoms with Crippen molar-refractivity contribution < 1.29 is 9.53 Å². The molecule has 30 heavy (non-hydrogen) atoms. The molecular weight excluding hydrogens is 372 g/mol. The quantitative estimate of drug-likeness (QED) is 0.477. The maximum absolute atomic E-state index is 13.3. The molecule has 4 heteroatoms. The number of unbranched alkanes of at least 4 members (excludes halogenated alkanes) is 1. The first kappa shape index (κ1) is 19.8. The molecule has 1 heterocycles. The van der Waals surface area contributed by atoms with Crippen LogP contribution in [0.5, 0.6) is 5.75 Å². The number of amides is 1. The van der Waals surface area contributed by atoms with Gasteiger partial charge in [-0.25, -0.2) is 0 Å². The van der Waals surface area contributed by atoms with E-state index in [1.807, 2.05) is 95.9 Å². The summed E-state index contributed by atoms with van der Waals surface area (Å²) in [4.78, 5) is 15.1. The van der Waals surface area contributed by atoms with Gasteiger partial charge in [-0.3, -0.25) is 9.69 Å². The molecule has 0 aromatic heterocycles. The molecule has 4 nitrogen and oxygen atoms in total. The average molecular weight is 399 g/mol. The molecule has 0 saturated carbocycles. The molecule has 1 N–H and O–H groups in total. The van der Waals surface area contributed by atoms with Gasteiger partial charge in [-0.2, -0.15) is 0 Å². The standard InChI is InChI=1S/C26H26N2O2/c1-2-3-18-30-23-16-14-20(15-17-23)25-19-24(27-21-10-6-4-7-11-21)26(29)28(25)22-12-8-5-9-13-22/h4-17,19,25,27H,2-3,18H2,1H3/t25-/m1/s1. The van der Waals surface area contributed by atoms with E-state index in [1.54, 1.807) is 0 Å². The van der Waals surface area contributed by atoms with Gasteiger partial charge in [-0.05, 0) is 54.5 Å². The fourth-order valence-corrected chi connectivity index (χ4v) is 3.54. The molecule has 0 spiro atoms. The molecule has 1 atom stereocenters. The van der Waals surface area contributed by atoms with Gasteiger partial charge < -0.3 is 10.1 Å². The van der Waals surface area contributed by atoms with Gasteiger partial charge >= 0.3 is 0 Å². The molecule has 0 unspecified atom stereocenters. The van der Waals surface area contributed by atoms with E-state index in [2.05, 4.69) is 12.2 Å². The predicted molar refractivity (Wildman–Crippen MR) is 122 cm³/mol. The van der Waals surface area contributed by atoms with Gasteiger partial charge in [0.1, 0.15) is 11.4 Å². The Morgan fingerprint density at radius 2 is 1.57 bits per heavy atom. The molecule has 0 fully saturated rings. The van der Waals surface area contributed by atoms with Gasteiger partial charge in [0.15, 0.2) is 0 Å². The lowest BCUT2D eigenvalue weighted by atomic mass is 10.1. The van der Waals surface area contributed by atoms with Crippen LogP contribution in [0.2, 0.25) is 0 Å². The normalized spacial score (nSPS) is 15.8. The lowest BCUT2D eigenvalue weighted by Crippen LogP contribution is -2.30. The van der Waals surface area contributed by atoms with Crippen molar-refractivity contribution in [2.24, 2.45) is 0 Å². The van der Waals surface area contributed by atoms with Crippen LogP contribution in [0, 0.1) is 0 Å². The number of nitrogens with zero attached hydrogens (tertiary/aromatic N) is 1. The summed E-state index contributed by atoms with van der Waals surface area (Å²) in [6.07, 6.45) is 4.14. The smallest absolute Gasteiger partial charge is 0.275 e. The maximum atomic E-state index is 13.3. The molecule has 0 saturated heterocycles. The van der Waals surface area contributed by atoms with Crippen LogP contribution in [0.25, 0.3) is 0 Å². The summed E-state index contributed by atoms with van der Waals surface area (Å²) >= 11 is 0. The number of carbonyl (C=O) groups excluding carboxylic acids is 1. The van der Waals surface area contributed by atoms with Crippen LogP contribution in [0.1, 0.15) is 31.4 Å². The molecule has 3 aromatic carbocycles. The second-order valence-corrected chi connectivity index (χ2v) is 7.30. The minimum Gasteiger partial charge on any atom is -0.494 e. The molecule has 152 valence electrons. The molecule has 4 rings (SSSR count). The third-order valence-electron chi connectivity index (χ3n) is 5.13. The number of para-hydroxylation sites is 2. The van der Waals surface area contributed by atoms with Gasteiger partial charge in [-0.1, -0.05) is 61.9 Å². The lowest BCUT2D eigenvalue weighted by molar-refractivity contribution is -0.114. The van der Waals surface area contributed by atoms with Crippen molar-refractivity contribution >= 4 is 17.3 Å². The van der Waals surface area contributed by atoms with Crippen molar-refractivity contribution in [3.63, 3.8) is 0 Å². The fraction of sp³-hybridized carbons (Fsp3) is 0.192. The van der Waals surface area contributed by atoms with Crippen LogP contribution in [0.3, 0.4) is 0 Å². The number of carbonyl (C=O) groups is 1. The molecule has 1 aliphatic heterocycles. The van der Waals surface area contributed by atoms with Gasteiger partial charge in [0, 0.05) is 11.4 Å². The Balaban J connectivity index is 1.62. The van der Waals surface area contributed by atoms with Crippen LogP contribution in [-0.4, -0.2) is 12.5 Å². The maximum Gasteiger partial charge on any atom is 0.275 e. The Hall–Kier alpha value is -3.53. The van der Waals surface area contributed by atoms with E-state index in [1.165, 1.54) is 0 Å². The zero-order valence-electron chi connectivity index (χ0n) is 17.1. The van der Waals surface area contributed by atoms with E-state index in [4.69, 9.17) is 4.74 Å². The summed E-state index contributed by atoms with van der Waals surface area (Å²) in [6, 6.07) is 27.4. The van der Waals surface area contributed by atoms with Crippen molar-refractivity contribution in [3.05, 3.63) is 102 Å². The van der Waals surface area contributed by atoms with E-state index in [-0.39, 0.29) is 11.9 Å². The highest BCUT2D eigenvalue weighted by atomic mass is 16.5. The minimum absolute atomic E-state index is 0.0432. The molecule has 0 radical (unpaired) electrons. The Bertz CT molecular complexity index is 998. The second kappa shape index (κ2) is 9.31. The Kier molecular flexibility index (Phi) is 6.14. The van der Waals surface area contributed by atoms with Crippen LogP contribution >= 0.6 is 0 Å². The van der Waals surface area contributed by atoms with Gasteiger partial charge in [0.2, 0.25) is 0 Å². The second-order valence-electron chi connectivity index (χ2n) is 7.30. The van der Waals surface area contributed by atoms with Crippen LogP contribution in [0.4, 0.5) is 11.4 Å². The first-order valence-corrected chi connectivity index (χ1v) is 10.4. The molecule has 1 aliphatic rings. The van der Waals surface area contributed by atoms with Gasteiger partial charge in [0.25, 0.3) is 5.91 Å². The number of ether oxygens (including phenoxy) is 1. The summed E-state index contributed by atoms with van der Waals surface area (Å²) in [5, 5.41) is 3.28. The van der Waals surface area contributed by atoms with Crippen molar-refractivity contribution in [1.29, 1.82) is 0 Å². The van der Waals surface area contributed by atoms with Crippen LogP contribution in [0.15, 0.2) is 96.7 Å². The lowest BCUT2D eigenvalue weighted by Gasteiger charge is -2.25. The summed E-state index contributed by atoms with van der Waals surface area (Å²) in [7, 11) is 0. The minimum atomic E-state index is -0.184. The average Bonchev–Trinajstić information content (AvgIpc) is 3.11. The highest BCUT2D eigenvalue weighted by molar-refractivity contribution is 6.11. The predicted octanol–water partition coefficient (Wildman–Crippen LogP) is 5.95. The fourth-order valence-electron chi connectivity index (χ4n) is 3.54. The first-order chi connectivity index (χ1) is 14.8. The summed E-state index contributed by atoms with van der Waals surface area (Å²) in [6.45, 7) is 2.87. The third-order valence-corrected chi connectivity index (χ3v) is 5.13. The van der Waals surface area contributed by atoms with Crippen molar-refractivity contribution in [2.45, 2.75) is 25.8 Å². The van der Waals surface area contributed by atoms with Crippen LogP contribution in [-0.2, 0) is 4.79 Å². The topological polar surface area (TPSA) is 41.6 Å². The third kappa shape index (κ3) is 4.38. The SMILES string of the molecule is CCCCOc1ccc([C@H]2C=C(Nc3ccccc3)C(=O)N2c2ccccc2)cc1. The molecular formula is C26H26N2O2. The summed E-state index contributed by atoms with van der Waals surface area (Å²) in [5.74, 6) is 0.813. The van der Waals surface area contributed by atoms with E-state index in [0.29, 0.717) is 5.70 Å². The number of nitrogens with one attached hydrogen (secondary N) is 1. The number of hydrogen-bond donors (Lipinski definition) is 1. The van der Waals surface area contributed by atoms with E-state index < -0.39 is 0 Å². The number of rotatable bonds is 8. The van der Waals surface area contributed by atoms with Crippen molar-refractivity contribution in [3.8, 4) is 5.75 Å². The highest BCUT2D eigenvalue weighted by Gasteiger charge is 2.34. The van der Waals surface area contributed by atoms with Crippen molar-refractivity contribution in [1.82, 2.24) is 0 Å². The van der Waals surface area contributed by atoms with E-state index in [0.717, 1.165) is 42.1 Å². The highest BCUT2D eigenvalue weighted by Crippen LogP contribution is 2.36. The number of benzene rings is 3. The Labute approximate surface area is 177 Å². The molecule has 3 aromatic rings. The first-order valence-electron chi connectivity index (χ1n) is 10.4. The number of anilines is 2. The summed E-state index contributed by atoms with van der Waals surface area (Å²) in [5.41, 5.74) is 3.39. The van der Waals surface area contributed by atoms with Crippen LogP contribution < -0.4 is 15.0 Å². The molecule has 0 aliphatic carbocycles. The Morgan fingerprint density at radius 1 is 0.900 bits per heavy atom. The summed E-state index contributed by atoms with van der Waals surface area (Å²) < 4.78 is 5.79. The van der Waals surface area contributed by atoms with E-state index >= 15 is 0 Å².